The Morgan fingerprint density at radius 1 is 0.808 bits per heavy atom. The zero-order valence-electron chi connectivity index (χ0n) is 15.4. The first-order chi connectivity index (χ1) is 12.3. The van der Waals surface area contributed by atoms with Gasteiger partial charge in [0.2, 0.25) is 0 Å². The van der Waals surface area contributed by atoms with E-state index >= 15 is 0 Å². The van der Waals surface area contributed by atoms with Crippen molar-refractivity contribution in [1.29, 1.82) is 0 Å². The lowest BCUT2D eigenvalue weighted by molar-refractivity contribution is 0.590. The smallest absolute Gasteiger partial charge is 0.0581 e. The van der Waals surface area contributed by atoms with Crippen LogP contribution in [0.15, 0.2) is 63.5 Å². The molecule has 0 spiro atoms. The quantitative estimate of drug-likeness (QED) is 0.266. The van der Waals surface area contributed by atoms with E-state index in [0.29, 0.717) is 0 Å². The van der Waals surface area contributed by atoms with Crippen LogP contribution in [-0.4, -0.2) is 4.57 Å². The minimum Gasteiger partial charge on any atom is -0.309 e. The molecule has 1 heterocycles. The van der Waals surface area contributed by atoms with Gasteiger partial charge in [-0.2, -0.15) is 0 Å². The van der Waals surface area contributed by atoms with E-state index in [1.165, 1.54) is 38.6 Å². The summed E-state index contributed by atoms with van der Waals surface area (Å²) in [5.74, 6) is 0. The van der Waals surface area contributed by atoms with Crippen LogP contribution in [0.5, 0.6) is 0 Å². The van der Waals surface area contributed by atoms with Crippen LogP contribution < -0.4 is 0 Å². The van der Waals surface area contributed by atoms with Crippen LogP contribution in [0.2, 0.25) is 0 Å². The molecule has 0 N–H and O–H groups in total. The Hall–Kier alpha value is -1.58. The Balaban J connectivity index is 2.09. The zero-order valence-corrected chi connectivity index (χ0v) is 18.6. The van der Waals surface area contributed by atoms with E-state index < -0.39 is 0 Å². The molecule has 1 aromatic heterocycles. The summed E-state index contributed by atoms with van der Waals surface area (Å²) in [6.45, 7) is 8.93. The fourth-order valence-corrected chi connectivity index (χ4v) is 4.27. The van der Waals surface area contributed by atoms with Gasteiger partial charge in [-0.1, -0.05) is 76.9 Å². The molecule has 0 aliphatic carbocycles. The van der Waals surface area contributed by atoms with Gasteiger partial charge in [-0.05, 0) is 53.8 Å². The maximum absolute atomic E-state index is 3.71. The van der Waals surface area contributed by atoms with Gasteiger partial charge < -0.3 is 4.57 Å². The molecule has 0 saturated heterocycles. The molecule has 4 aromatic rings. The summed E-state index contributed by atoms with van der Waals surface area (Å²) in [5, 5.41) is 2.56. The van der Waals surface area contributed by atoms with Gasteiger partial charge >= 0.3 is 0 Å². The third-order valence-electron chi connectivity index (χ3n) is 5.07. The van der Waals surface area contributed by atoms with Crippen LogP contribution in [-0.2, 0) is 5.41 Å². The van der Waals surface area contributed by atoms with Crippen molar-refractivity contribution >= 4 is 53.7 Å². The van der Waals surface area contributed by atoms with E-state index in [0.717, 1.165) is 8.95 Å². The number of halogens is 2. The number of fused-ring (bicyclic) bond motifs is 3. The van der Waals surface area contributed by atoms with Crippen molar-refractivity contribution in [2.45, 2.75) is 33.1 Å². The average Bonchev–Trinajstić information content (AvgIpc) is 2.91. The fraction of sp³-hybridized carbons (Fsp3) is 0.217. The number of hydrogen-bond acceptors (Lipinski definition) is 0. The molecular formula is C23H21Br2N. The first-order valence-electron chi connectivity index (χ1n) is 8.77. The Labute approximate surface area is 171 Å². The number of aryl methyl sites for hydroxylation is 1. The SMILES string of the molecule is Cc1c(Br)ccc2c3ccc(Br)cc3n(-c3ccc(C(C)(C)C)cc3)c12. The summed E-state index contributed by atoms with van der Waals surface area (Å²) < 4.78 is 4.61. The second kappa shape index (κ2) is 6.24. The van der Waals surface area contributed by atoms with Crippen LogP contribution >= 0.6 is 31.9 Å². The molecule has 0 unspecified atom stereocenters. The highest BCUT2D eigenvalue weighted by Gasteiger charge is 2.17. The molecule has 0 bridgehead atoms. The van der Waals surface area contributed by atoms with Crippen molar-refractivity contribution in [2.24, 2.45) is 0 Å². The minimum absolute atomic E-state index is 0.154. The van der Waals surface area contributed by atoms with Crippen molar-refractivity contribution in [1.82, 2.24) is 4.57 Å². The number of rotatable bonds is 1. The Bertz CT molecular complexity index is 1130. The van der Waals surface area contributed by atoms with Crippen molar-refractivity contribution in [3.8, 4) is 5.69 Å². The van der Waals surface area contributed by atoms with Gasteiger partial charge in [-0.3, -0.25) is 0 Å². The lowest BCUT2D eigenvalue weighted by atomic mass is 9.87. The summed E-state index contributed by atoms with van der Waals surface area (Å²) >= 11 is 7.35. The van der Waals surface area contributed by atoms with Crippen LogP contribution in [0.1, 0.15) is 31.9 Å². The fourth-order valence-electron chi connectivity index (χ4n) is 3.60. The van der Waals surface area contributed by atoms with Crippen LogP contribution in [0, 0.1) is 6.92 Å². The molecule has 0 aliphatic rings. The van der Waals surface area contributed by atoms with E-state index in [9.17, 15) is 0 Å². The summed E-state index contributed by atoms with van der Waals surface area (Å²) in [4.78, 5) is 0. The maximum atomic E-state index is 3.71. The number of nitrogens with zero attached hydrogens (tertiary/aromatic N) is 1. The minimum atomic E-state index is 0.154. The van der Waals surface area contributed by atoms with Crippen molar-refractivity contribution in [3.63, 3.8) is 0 Å². The molecule has 4 rings (SSSR count). The summed E-state index contributed by atoms with van der Waals surface area (Å²) in [6, 6.07) is 19.9. The van der Waals surface area contributed by atoms with Gasteiger partial charge in [0.15, 0.2) is 0 Å². The van der Waals surface area contributed by atoms with E-state index in [-0.39, 0.29) is 5.41 Å². The topological polar surface area (TPSA) is 4.93 Å². The predicted molar refractivity (Wildman–Crippen MR) is 120 cm³/mol. The number of benzene rings is 3. The van der Waals surface area contributed by atoms with Gasteiger partial charge in [0.1, 0.15) is 0 Å². The monoisotopic (exact) mass is 469 g/mol. The summed E-state index contributed by atoms with van der Waals surface area (Å²) in [7, 11) is 0. The lowest BCUT2D eigenvalue weighted by Crippen LogP contribution is -2.10. The zero-order chi connectivity index (χ0) is 18.6. The van der Waals surface area contributed by atoms with Gasteiger partial charge in [-0.15, -0.1) is 0 Å². The number of hydrogen-bond donors (Lipinski definition) is 0. The largest absolute Gasteiger partial charge is 0.309 e. The van der Waals surface area contributed by atoms with Gasteiger partial charge in [0.25, 0.3) is 0 Å². The van der Waals surface area contributed by atoms with Crippen molar-refractivity contribution in [2.75, 3.05) is 0 Å². The van der Waals surface area contributed by atoms with Gasteiger partial charge in [-0.25, -0.2) is 0 Å². The molecule has 1 nitrogen and oxygen atoms in total. The Morgan fingerprint density at radius 2 is 1.46 bits per heavy atom. The molecule has 0 atom stereocenters. The molecule has 3 aromatic carbocycles. The van der Waals surface area contributed by atoms with Crippen LogP contribution in [0.4, 0.5) is 0 Å². The highest BCUT2D eigenvalue weighted by molar-refractivity contribution is 9.10. The third-order valence-corrected chi connectivity index (χ3v) is 6.42. The van der Waals surface area contributed by atoms with Crippen molar-refractivity contribution in [3.05, 3.63) is 74.7 Å². The second-order valence-electron chi connectivity index (χ2n) is 7.86. The Kier molecular flexibility index (Phi) is 4.28. The van der Waals surface area contributed by atoms with Crippen LogP contribution in [0.3, 0.4) is 0 Å². The van der Waals surface area contributed by atoms with E-state index in [1.54, 1.807) is 0 Å². The first-order valence-corrected chi connectivity index (χ1v) is 10.4. The molecular weight excluding hydrogens is 450 g/mol. The molecule has 3 heteroatoms. The molecule has 132 valence electrons. The van der Waals surface area contributed by atoms with Crippen molar-refractivity contribution < 1.29 is 0 Å². The molecule has 0 amide bonds. The Morgan fingerprint density at radius 3 is 2.12 bits per heavy atom. The third kappa shape index (κ3) is 2.82. The first kappa shape index (κ1) is 17.8. The molecule has 26 heavy (non-hydrogen) atoms. The highest BCUT2D eigenvalue weighted by atomic mass is 79.9. The molecule has 0 aliphatic heterocycles. The van der Waals surface area contributed by atoms with E-state index in [1.807, 2.05) is 0 Å². The predicted octanol–water partition coefficient (Wildman–Crippen LogP) is 7.91. The highest BCUT2D eigenvalue weighted by Crippen LogP contribution is 2.37. The standard InChI is InChI=1S/C23H21Br2N/c1-14-20(25)12-11-19-18-10-7-16(24)13-21(18)26(22(14)19)17-8-5-15(6-9-17)23(2,3)4/h5-13H,1-4H3. The summed E-state index contributed by atoms with van der Waals surface area (Å²) in [6.07, 6.45) is 0. The molecule has 0 saturated carbocycles. The molecule has 0 radical (unpaired) electrons. The van der Waals surface area contributed by atoms with E-state index in [4.69, 9.17) is 0 Å². The number of aromatic nitrogens is 1. The molecule has 0 fully saturated rings. The summed E-state index contributed by atoms with van der Waals surface area (Å²) in [5.41, 5.74) is 6.43. The average molecular weight is 471 g/mol. The van der Waals surface area contributed by atoms with E-state index in [2.05, 4.69) is 119 Å². The van der Waals surface area contributed by atoms with Gasteiger partial charge in [0.05, 0.1) is 11.0 Å². The maximum Gasteiger partial charge on any atom is 0.0581 e. The normalized spacial score (nSPS) is 12.2. The second-order valence-corrected chi connectivity index (χ2v) is 9.63. The van der Waals surface area contributed by atoms with Crippen LogP contribution in [0.25, 0.3) is 27.5 Å². The van der Waals surface area contributed by atoms with Gasteiger partial charge in [0, 0.05) is 25.4 Å². The lowest BCUT2D eigenvalue weighted by Gasteiger charge is -2.19.